The Morgan fingerprint density at radius 1 is 0.962 bits per heavy atom. The van der Waals surface area contributed by atoms with Crippen LogP contribution < -0.4 is 10.1 Å². The van der Waals surface area contributed by atoms with Crippen molar-refractivity contribution in [3.63, 3.8) is 0 Å². The van der Waals surface area contributed by atoms with Gasteiger partial charge >= 0.3 is 0 Å². The van der Waals surface area contributed by atoms with Crippen LogP contribution in [0.3, 0.4) is 0 Å². The highest BCUT2D eigenvalue weighted by Crippen LogP contribution is 2.30. The van der Waals surface area contributed by atoms with E-state index in [0.29, 0.717) is 5.69 Å². The van der Waals surface area contributed by atoms with E-state index in [4.69, 9.17) is 9.15 Å². The van der Waals surface area contributed by atoms with Gasteiger partial charge in [0, 0.05) is 22.5 Å². The number of rotatable bonds is 4. The SMILES string of the molecule is Cc1ccc(C)c(OCC(=O)Nc2ccc3c(c2)oc2ccccc23)c1. The number of fused-ring (bicyclic) bond motifs is 3. The Hall–Kier alpha value is -3.27. The number of carbonyl (C=O) groups excluding carboxylic acids is 1. The number of carbonyl (C=O) groups is 1. The molecule has 0 saturated carbocycles. The Morgan fingerprint density at radius 2 is 1.77 bits per heavy atom. The van der Waals surface area contributed by atoms with Crippen molar-refractivity contribution in [3.8, 4) is 5.75 Å². The number of anilines is 1. The van der Waals surface area contributed by atoms with E-state index in [1.165, 1.54) is 0 Å². The van der Waals surface area contributed by atoms with Gasteiger partial charge in [0.25, 0.3) is 5.91 Å². The summed E-state index contributed by atoms with van der Waals surface area (Å²) in [7, 11) is 0. The van der Waals surface area contributed by atoms with Crippen LogP contribution in [0, 0.1) is 13.8 Å². The van der Waals surface area contributed by atoms with E-state index < -0.39 is 0 Å². The molecule has 130 valence electrons. The molecule has 0 aliphatic heterocycles. The van der Waals surface area contributed by atoms with Crippen LogP contribution in [0.5, 0.6) is 5.75 Å². The quantitative estimate of drug-likeness (QED) is 0.552. The maximum atomic E-state index is 12.2. The van der Waals surface area contributed by atoms with Crippen LogP contribution in [0.4, 0.5) is 5.69 Å². The smallest absolute Gasteiger partial charge is 0.262 e. The summed E-state index contributed by atoms with van der Waals surface area (Å²) in [5, 5.41) is 4.96. The number of aryl methyl sites for hydroxylation is 2. The van der Waals surface area contributed by atoms with Gasteiger partial charge in [-0.05, 0) is 49.2 Å². The highest BCUT2D eigenvalue weighted by molar-refractivity contribution is 6.06. The molecule has 0 unspecified atom stereocenters. The maximum Gasteiger partial charge on any atom is 0.262 e. The monoisotopic (exact) mass is 345 g/mol. The lowest BCUT2D eigenvalue weighted by Gasteiger charge is -2.10. The molecule has 0 atom stereocenters. The van der Waals surface area contributed by atoms with Crippen LogP contribution in [0.1, 0.15) is 11.1 Å². The van der Waals surface area contributed by atoms with Crippen molar-refractivity contribution in [1.82, 2.24) is 0 Å². The second kappa shape index (κ2) is 6.56. The molecule has 0 bridgehead atoms. The first-order valence-corrected chi connectivity index (χ1v) is 8.51. The van der Waals surface area contributed by atoms with Crippen LogP contribution >= 0.6 is 0 Å². The summed E-state index contributed by atoms with van der Waals surface area (Å²) in [5.74, 6) is 0.522. The third-order valence-electron chi connectivity index (χ3n) is 4.36. The van der Waals surface area contributed by atoms with Gasteiger partial charge in [-0.25, -0.2) is 0 Å². The average molecular weight is 345 g/mol. The van der Waals surface area contributed by atoms with E-state index in [2.05, 4.69) is 5.32 Å². The van der Waals surface area contributed by atoms with Crippen molar-refractivity contribution in [2.45, 2.75) is 13.8 Å². The minimum atomic E-state index is -0.207. The summed E-state index contributed by atoms with van der Waals surface area (Å²) in [5.41, 5.74) is 4.38. The molecule has 0 saturated heterocycles. The van der Waals surface area contributed by atoms with Gasteiger partial charge in [0.15, 0.2) is 6.61 Å². The van der Waals surface area contributed by atoms with E-state index in [1.807, 2.05) is 74.5 Å². The summed E-state index contributed by atoms with van der Waals surface area (Å²) >= 11 is 0. The average Bonchev–Trinajstić information content (AvgIpc) is 3.00. The zero-order valence-electron chi connectivity index (χ0n) is 14.7. The van der Waals surface area contributed by atoms with Crippen molar-refractivity contribution < 1.29 is 13.9 Å². The zero-order chi connectivity index (χ0) is 18.1. The molecule has 4 rings (SSSR count). The standard InChI is InChI=1S/C22H19NO3/c1-14-7-8-15(2)20(11-14)25-13-22(24)23-16-9-10-18-17-5-3-4-6-19(17)26-21(18)12-16/h3-12H,13H2,1-2H3,(H,23,24). The van der Waals surface area contributed by atoms with E-state index in [9.17, 15) is 4.79 Å². The maximum absolute atomic E-state index is 12.2. The molecule has 0 fully saturated rings. The van der Waals surface area contributed by atoms with Gasteiger partial charge in [-0.3, -0.25) is 4.79 Å². The largest absolute Gasteiger partial charge is 0.483 e. The first kappa shape index (κ1) is 16.2. The predicted molar refractivity (Wildman–Crippen MR) is 104 cm³/mol. The van der Waals surface area contributed by atoms with Gasteiger partial charge < -0.3 is 14.5 Å². The van der Waals surface area contributed by atoms with Gasteiger partial charge in [-0.15, -0.1) is 0 Å². The molecule has 4 aromatic rings. The molecule has 4 nitrogen and oxygen atoms in total. The number of amides is 1. The molecule has 1 aromatic heterocycles. The summed E-state index contributed by atoms with van der Waals surface area (Å²) in [6.45, 7) is 3.92. The number of para-hydroxylation sites is 1. The van der Waals surface area contributed by atoms with Gasteiger partial charge in [0.1, 0.15) is 16.9 Å². The van der Waals surface area contributed by atoms with Gasteiger partial charge in [0.05, 0.1) is 0 Å². The second-order valence-corrected chi connectivity index (χ2v) is 6.41. The Labute approximate surface area is 151 Å². The number of ether oxygens (including phenoxy) is 1. The van der Waals surface area contributed by atoms with Crippen molar-refractivity contribution >= 4 is 33.5 Å². The van der Waals surface area contributed by atoms with Gasteiger partial charge in [-0.2, -0.15) is 0 Å². The molecule has 1 N–H and O–H groups in total. The third kappa shape index (κ3) is 3.14. The molecule has 0 aliphatic carbocycles. The number of hydrogen-bond donors (Lipinski definition) is 1. The first-order chi connectivity index (χ1) is 12.6. The highest BCUT2D eigenvalue weighted by Gasteiger charge is 2.09. The summed E-state index contributed by atoms with van der Waals surface area (Å²) in [6.07, 6.45) is 0. The molecule has 1 amide bonds. The van der Waals surface area contributed by atoms with Crippen LogP contribution in [-0.2, 0) is 4.79 Å². The Kier molecular flexibility index (Phi) is 4.09. The molecular weight excluding hydrogens is 326 g/mol. The Balaban J connectivity index is 1.48. The fraction of sp³-hybridized carbons (Fsp3) is 0.136. The summed E-state index contributed by atoms with van der Waals surface area (Å²) in [6, 6.07) is 19.5. The highest BCUT2D eigenvalue weighted by atomic mass is 16.5. The van der Waals surface area contributed by atoms with E-state index >= 15 is 0 Å². The molecule has 3 aromatic carbocycles. The van der Waals surface area contributed by atoms with E-state index in [0.717, 1.165) is 38.8 Å². The van der Waals surface area contributed by atoms with Crippen molar-refractivity contribution in [1.29, 1.82) is 0 Å². The minimum absolute atomic E-state index is 0.0392. The lowest BCUT2D eigenvalue weighted by Crippen LogP contribution is -2.20. The summed E-state index contributed by atoms with van der Waals surface area (Å²) < 4.78 is 11.5. The third-order valence-corrected chi connectivity index (χ3v) is 4.36. The van der Waals surface area contributed by atoms with Crippen LogP contribution in [0.2, 0.25) is 0 Å². The minimum Gasteiger partial charge on any atom is -0.483 e. The predicted octanol–water partition coefficient (Wildman–Crippen LogP) is 5.22. The lowest BCUT2D eigenvalue weighted by molar-refractivity contribution is -0.118. The molecule has 1 heterocycles. The topological polar surface area (TPSA) is 51.5 Å². The summed E-state index contributed by atoms with van der Waals surface area (Å²) in [4.78, 5) is 12.2. The van der Waals surface area contributed by atoms with E-state index in [-0.39, 0.29) is 12.5 Å². The number of hydrogen-bond acceptors (Lipinski definition) is 3. The fourth-order valence-electron chi connectivity index (χ4n) is 3.01. The van der Waals surface area contributed by atoms with Gasteiger partial charge in [-0.1, -0.05) is 30.3 Å². The fourth-order valence-corrected chi connectivity index (χ4v) is 3.01. The number of furan rings is 1. The molecular formula is C22H19NO3. The Morgan fingerprint density at radius 3 is 2.65 bits per heavy atom. The van der Waals surface area contributed by atoms with Crippen molar-refractivity contribution in [2.24, 2.45) is 0 Å². The second-order valence-electron chi connectivity index (χ2n) is 6.41. The van der Waals surface area contributed by atoms with Crippen molar-refractivity contribution in [3.05, 3.63) is 71.8 Å². The Bertz CT molecular complexity index is 1110. The van der Waals surface area contributed by atoms with Gasteiger partial charge in [0.2, 0.25) is 0 Å². The molecule has 0 radical (unpaired) electrons. The lowest BCUT2D eigenvalue weighted by atomic mass is 10.1. The molecule has 0 aliphatic rings. The van der Waals surface area contributed by atoms with Crippen molar-refractivity contribution in [2.75, 3.05) is 11.9 Å². The van der Waals surface area contributed by atoms with Crippen LogP contribution in [0.25, 0.3) is 21.9 Å². The first-order valence-electron chi connectivity index (χ1n) is 8.51. The normalized spacial score (nSPS) is 11.0. The molecule has 26 heavy (non-hydrogen) atoms. The van der Waals surface area contributed by atoms with E-state index in [1.54, 1.807) is 0 Å². The number of benzene rings is 3. The van der Waals surface area contributed by atoms with Crippen LogP contribution in [0.15, 0.2) is 65.1 Å². The van der Waals surface area contributed by atoms with Crippen LogP contribution in [-0.4, -0.2) is 12.5 Å². The number of nitrogens with one attached hydrogen (secondary N) is 1. The molecule has 0 spiro atoms. The zero-order valence-corrected chi connectivity index (χ0v) is 14.7. The molecule has 4 heteroatoms.